The first-order valence-electron chi connectivity index (χ1n) is 6.15. The molecule has 0 spiro atoms. The number of primary amides is 1. The number of H-pyrrole nitrogens is 1. The van der Waals surface area contributed by atoms with Crippen molar-refractivity contribution in [1.82, 2.24) is 4.98 Å². The van der Waals surface area contributed by atoms with Gasteiger partial charge in [-0.2, -0.15) is 0 Å². The molecule has 1 amide bonds. The Morgan fingerprint density at radius 2 is 1.79 bits per heavy atom. The highest BCUT2D eigenvalue weighted by Gasteiger charge is 2.15. The first-order valence-corrected chi connectivity index (χ1v) is 6.15. The fraction of sp³-hybridized carbons (Fsp3) is 0.0625. The number of hydrogen-bond donors (Lipinski definition) is 2. The molecular weight excluding hydrogens is 236 g/mol. The van der Waals surface area contributed by atoms with E-state index in [1.54, 1.807) is 0 Å². The second kappa shape index (κ2) is 4.28. The average Bonchev–Trinajstić information content (AvgIpc) is 2.78. The molecule has 1 aromatic heterocycles. The van der Waals surface area contributed by atoms with Crippen molar-refractivity contribution in [3.05, 3.63) is 59.8 Å². The van der Waals surface area contributed by atoms with Gasteiger partial charge in [0.05, 0.1) is 0 Å². The van der Waals surface area contributed by atoms with Crippen LogP contribution in [0.5, 0.6) is 0 Å². The molecule has 0 atom stereocenters. The van der Waals surface area contributed by atoms with Crippen molar-refractivity contribution in [2.75, 3.05) is 0 Å². The molecule has 0 fully saturated rings. The normalized spacial score (nSPS) is 10.8. The molecule has 94 valence electrons. The zero-order valence-electron chi connectivity index (χ0n) is 10.6. The smallest absolute Gasteiger partial charge is 0.265 e. The van der Waals surface area contributed by atoms with E-state index in [1.165, 1.54) is 0 Å². The number of nitrogens with two attached hydrogens (primary N) is 1. The maximum absolute atomic E-state index is 11.4. The van der Waals surface area contributed by atoms with Gasteiger partial charge in [-0.05, 0) is 29.7 Å². The summed E-state index contributed by atoms with van der Waals surface area (Å²) in [5.74, 6) is -0.423. The molecule has 0 aliphatic rings. The van der Waals surface area contributed by atoms with Crippen LogP contribution in [0.3, 0.4) is 0 Å². The molecule has 2 aromatic carbocycles. The van der Waals surface area contributed by atoms with E-state index in [-0.39, 0.29) is 0 Å². The van der Waals surface area contributed by atoms with Gasteiger partial charge in [-0.1, -0.05) is 42.5 Å². The minimum absolute atomic E-state index is 0.423. The lowest BCUT2D eigenvalue weighted by molar-refractivity contribution is 0.0996. The van der Waals surface area contributed by atoms with Gasteiger partial charge in [0.1, 0.15) is 5.69 Å². The first kappa shape index (κ1) is 11.5. The van der Waals surface area contributed by atoms with Crippen molar-refractivity contribution in [2.45, 2.75) is 6.92 Å². The van der Waals surface area contributed by atoms with E-state index in [9.17, 15) is 4.79 Å². The Morgan fingerprint density at radius 1 is 1.05 bits per heavy atom. The minimum Gasteiger partial charge on any atom is -0.364 e. The molecule has 0 aliphatic heterocycles. The molecular formula is C16H14N2O. The van der Waals surface area contributed by atoms with Crippen molar-refractivity contribution < 1.29 is 4.79 Å². The van der Waals surface area contributed by atoms with Crippen LogP contribution in [0.2, 0.25) is 0 Å². The van der Waals surface area contributed by atoms with Gasteiger partial charge in [0.15, 0.2) is 0 Å². The Bertz CT molecular complexity index is 757. The summed E-state index contributed by atoms with van der Waals surface area (Å²) < 4.78 is 0. The Morgan fingerprint density at radius 3 is 2.47 bits per heavy atom. The highest BCUT2D eigenvalue weighted by atomic mass is 16.1. The number of carbonyl (C=O) groups excluding carboxylic acids is 1. The van der Waals surface area contributed by atoms with Gasteiger partial charge in [0.2, 0.25) is 0 Å². The molecule has 3 heteroatoms. The lowest BCUT2D eigenvalue weighted by Gasteiger charge is -2.04. The largest absolute Gasteiger partial charge is 0.364 e. The average molecular weight is 250 g/mol. The maximum Gasteiger partial charge on any atom is 0.265 e. The predicted molar refractivity (Wildman–Crippen MR) is 77.0 cm³/mol. The number of fused-ring (bicyclic) bond motifs is 1. The van der Waals surface area contributed by atoms with Gasteiger partial charge in [0, 0.05) is 10.9 Å². The van der Waals surface area contributed by atoms with Crippen LogP contribution in [0.25, 0.3) is 22.0 Å². The lowest BCUT2D eigenvalue weighted by atomic mass is 9.99. The molecule has 0 aliphatic carbocycles. The monoisotopic (exact) mass is 250 g/mol. The number of aromatic nitrogens is 1. The highest BCUT2D eigenvalue weighted by Crippen LogP contribution is 2.32. The van der Waals surface area contributed by atoms with Crippen LogP contribution in [0, 0.1) is 6.92 Å². The van der Waals surface area contributed by atoms with E-state index in [4.69, 9.17) is 5.73 Å². The van der Waals surface area contributed by atoms with Crippen LogP contribution in [0.15, 0.2) is 48.5 Å². The zero-order valence-corrected chi connectivity index (χ0v) is 10.6. The summed E-state index contributed by atoms with van der Waals surface area (Å²) in [5.41, 5.74) is 9.97. The van der Waals surface area contributed by atoms with Crippen molar-refractivity contribution >= 4 is 16.8 Å². The number of aromatic amines is 1. The van der Waals surface area contributed by atoms with Crippen molar-refractivity contribution in [3.8, 4) is 11.1 Å². The molecule has 0 radical (unpaired) electrons. The Kier molecular flexibility index (Phi) is 2.60. The molecule has 0 unspecified atom stereocenters. The van der Waals surface area contributed by atoms with E-state index >= 15 is 0 Å². The fourth-order valence-electron chi connectivity index (χ4n) is 2.52. The standard InChI is InChI=1S/C16H14N2O/c1-10-14-12(11-6-3-2-4-7-11)8-5-9-13(14)18-15(10)16(17)19/h2-9,18H,1H3,(H2,17,19). The summed E-state index contributed by atoms with van der Waals surface area (Å²) in [6.07, 6.45) is 0. The van der Waals surface area contributed by atoms with E-state index in [0.717, 1.165) is 27.6 Å². The van der Waals surface area contributed by atoms with E-state index in [1.807, 2.05) is 37.3 Å². The van der Waals surface area contributed by atoms with Crippen LogP contribution in [-0.4, -0.2) is 10.9 Å². The summed E-state index contributed by atoms with van der Waals surface area (Å²) in [4.78, 5) is 14.5. The number of benzene rings is 2. The first-order chi connectivity index (χ1) is 9.18. The second-order valence-electron chi connectivity index (χ2n) is 4.58. The lowest BCUT2D eigenvalue weighted by Crippen LogP contribution is -2.12. The summed E-state index contributed by atoms with van der Waals surface area (Å²) in [7, 11) is 0. The number of hydrogen-bond acceptors (Lipinski definition) is 1. The quantitative estimate of drug-likeness (QED) is 0.720. The highest BCUT2D eigenvalue weighted by molar-refractivity contribution is 6.05. The van der Waals surface area contributed by atoms with Gasteiger partial charge < -0.3 is 10.7 Å². The summed E-state index contributed by atoms with van der Waals surface area (Å²) >= 11 is 0. The third-order valence-corrected chi connectivity index (χ3v) is 3.41. The third kappa shape index (κ3) is 1.80. The van der Waals surface area contributed by atoms with Gasteiger partial charge in [-0.15, -0.1) is 0 Å². The number of aryl methyl sites for hydroxylation is 1. The van der Waals surface area contributed by atoms with E-state index in [0.29, 0.717) is 5.69 Å². The second-order valence-corrected chi connectivity index (χ2v) is 4.58. The molecule has 0 bridgehead atoms. The van der Waals surface area contributed by atoms with Crippen LogP contribution in [0.4, 0.5) is 0 Å². The Hall–Kier alpha value is -2.55. The topological polar surface area (TPSA) is 58.9 Å². The van der Waals surface area contributed by atoms with Crippen LogP contribution >= 0.6 is 0 Å². The molecule has 3 rings (SSSR count). The maximum atomic E-state index is 11.4. The molecule has 0 saturated carbocycles. The third-order valence-electron chi connectivity index (χ3n) is 3.41. The number of amides is 1. The minimum atomic E-state index is -0.423. The summed E-state index contributed by atoms with van der Waals surface area (Å²) in [6, 6.07) is 16.1. The predicted octanol–water partition coefficient (Wildman–Crippen LogP) is 3.24. The van der Waals surface area contributed by atoms with Gasteiger partial charge in [-0.25, -0.2) is 0 Å². The van der Waals surface area contributed by atoms with Gasteiger partial charge >= 0.3 is 0 Å². The zero-order chi connectivity index (χ0) is 13.4. The SMILES string of the molecule is Cc1c(C(N)=O)[nH]c2cccc(-c3ccccc3)c12. The number of rotatable bonds is 2. The molecule has 0 saturated heterocycles. The fourth-order valence-corrected chi connectivity index (χ4v) is 2.52. The number of carbonyl (C=O) groups is 1. The van der Waals surface area contributed by atoms with Crippen molar-refractivity contribution in [2.24, 2.45) is 5.73 Å². The Labute approximate surface area is 111 Å². The van der Waals surface area contributed by atoms with Crippen molar-refractivity contribution in [3.63, 3.8) is 0 Å². The molecule has 19 heavy (non-hydrogen) atoms. The number of nitrogens with one attached hydrogen (secondary N) is 1. The Balaban J connectivity index is 2.35. The van der Waals surface area contributed by atoms with Crippen LogP contribution in [0.1, 0.15) is 16.1 Å². The van der Waals surface area contributed by atoms with E-state index < -0.39 is 5.91 Å². The van der Waals surface area contributed by atoms with Gasteiger partial charge in [-0.3, -0.25) is 4.79 Å². The van der Waals surface area contributed by atoms with Crippen molar-refractivity contribution in [1.29, 1.82) is 0 Å². The van der Waals surface area contributed by atoms with Crippen LogP contribution < -0.4 is 5.73 Å². The summed E-state index contributed by atoms with van der Waals surface area (Å²) in [6.45, 7) is 1.92. The van der Waals surface area contributed by atoms with E-state index in [2.05, 4.69) is 23.2 Å². The molecule has 1 heterocycles. The molecule has 3 nitrogen and oxygen atoms in total. The van der Waals surface area contributed by atoms with Gasteiger partial charge in [0.25, 0.3) is 5.91 Å². The molecule has 3 aromatic rings. The summed E-state index contributed by atoms with van der Waals surface area (Å²) in [5, 5.41) is 1.06. The molecule has 3 N–H and O–H groups in total. The van der Waals surface area contributed by atoms with Crippen LogP contribution in [-0.2, 0) is 0 Å².